The van der Waals surface area contributed by atoms with Crippen LogP contribution in [0.4, 0.5) is 0 Å². The lowest BCUT2D eigenvalue weighted by Gasteiger charge is -2.03. The maximum atomic E-state index is 11.8. The maximum Gasteiger partial charge on any atom is 0.307 e. The summed E-state index contributed by atoms with van der Waals surface area (Å²) < 4.78 is 23.5. The monoisotopic (exact) mass is 240 g/mol. The van der Waals surface area contributed by atoms with E-state index in [0.29, 0.717) is 10.5 Å². The second-order valence-corrected chi connectivity index (χ2v) is 6.13. The molecule has 5 heteroatoms. The molecular formula is C11H12O4S. The van der Waals surface area contributed by atoms with Crippen LogP contribution in [0.25, 0.3) is 0 Å². The summed E-state index contributed by atoms with van der Waals surface area (Å²) in [7, 11) is -3.21. The fourth-order valence-corrected chi connectivity index (χ4v) is 4.03. The van der Waals surface area contributed by atoms with Crippen LogP contribution in [0.5, 0.6) is 0 Å². The summed E-state index contributed by atoms with van der Waals surface area (Å²) >= 11 is 0. The van der Waals surface area contributed by atoms with Crippen molar-refractivity contribution < 1.29 is 18.3 Å². The van der Waals surface area contributed by atoms with E-state index in [4.69, 9.17) is 5.11 Å². The third kappa shape index (κ3) is 1.82. The highest BCUT2D eigenvalue weighted by molar-refractivity contribution is 7.91. The summed E-state index contributed by atoms with van der Waals surface area (Å²) in [4.78, 5) is 10.8. The van der Waals surface area contributed by atoms with Crippen molar-refractivity contribution in [1.82, 2.24) is 0 Å². The summed E-state index contributed by atoms with van der Waals surface area (Å²) in [5.74, 6) is -0.832. The molecule has 4 nitrogen and oxygen atoms in total. The quantitative estimate of drug-likeness (QED) is 0.843. The molecule has 1 aromatic rings. The fourth-order valence-electron chi connectivity index (χ4n) is 2.05. The van der Waals surface area contributed by atoms with E-state index in [9.17, 15) is 13.2 Å². The van der Waals surface area contributed by atoms with Gasteiger partial charge in [0.05, 0.1) is 17.1 Å². The first-order valence-electron chi connectivity index (χ1n) is 4.97. The molecule has 86 valence electrons. The van der Waals surface area contributed by atoms with Gasteiger partial charge in [0.15, 0.2) is 9.84 Å². The zero-order valence-electron chi connectivity index (χ0n) is 8.80. The van der Waals surface area contributed by atoms with E-state index in [2.05, 4.69) is 0 Å². The van der Waals surface area contributed by atoms with Gasteiger partial charge in [-0.3, -0.25) is 4.79 Å². The highest BCUT2D eigenvalue weighted by Gasteiger charge is 2.31. The SMILES string of the molecule is CC1CS(=O)(=O)c2cc(CC(=O)O)ccc21. The minimum atomic E-state index is -3.21. The molecule has 1 aliphatic heterocycles. The number of benzene rings is 1. The van der Waals surface area contributed by atoms with Crippen LogP contribution in [-0.2, 0) is 21.1 Å². The van der Waals surface area contributed by atoms with E-state index in [-0.39, 0.29) is 18.1 Å². The molecule has 0 saturated carbocycles. The Labute approximate surface area is 93.8 Å². The van der Waals surface area contributed by atoms with E-state index < -0.39 is 15.8 Å². The number of fused-ring (bicyclic) bond motifs is 1. The molecule has 1 N–H and O–H groups in total. The molecule has 0 radical (unpaired) electrons. The van der Waals surface area contributed by atoms with Crippen molar-refractivity contribution in [3.63, 3.8) is 0 Å². The Morgan fingerprint density at radius 2 is 2.19 bits per heavy atom. The highest BCUT2D eigenvalue weighted by Crippen LogP contribution is 2.35. The van der Waals surface area contributed by atoms with Gasteiger partial charge in [0, 0.05) is 0 Å². The second-order valence-electron chi connectivity index (χ2n) is 4.13. The van der Waals surface area contributed by atoms with Crippen LogP contribution in [0.15, 0.2) is 23.1 Å². The van der Waals surface area contributed by atoms with Gasteiger partial charge in [-0.05, 0) is 23.1 Å². The minimum absolute atomic E-state index is 0.00104. The van der Waals surface area contributed by atoms with Gasteiger partial charge in [0.25, 0.3) is 0 Å². The van der Waals surface area contributed by atoms with Crippen LogP contribution < -0.4 is 0 Å². The van der Waals surface area contributed by atoms with Crippen molar-refractivity contribution in [2.45, 2.75) is 24.2 Å². The number of rotatable bonds is 2. The molecule has 1 heterocycles. The number of hydrogen-bond donors (Lipinski definition) is 1. The van der Waals surface area contributed by atoms with E-state index in [1.54, 1.807) is 12.1 Å². The Morgan fingerprint density at radius 3 is 2.81 bits per heavy atom. The molecule has 0 spiro atoms. The number of carbonyl (C=O) groups is 1. The molecular weight excluding hydrogens is 228 g/mol. The molecule has 16 heavy (non-hydrogen) atoms. The average Bonchev–Trinajstić information content (AvgIpc) is 2.36. The largest absolute Gasteiger partial charge is 0.481 e. The van der Waals surface area contributed by atoms with Gasteiger partial charge in [0.2, 0.25) is 0 Å². The molecule has 2 rings (SSSR count). The van der Waals surface area contributed by atoms with Crippen LogP contribution >= 0.6 is 0 Å². The van der Waals surface area contributed by atoms with Crippen molar-refractivity contribution in [2.75, 3.05) is 5.75 Å². The molecule has 0 aliphatic carbocycles. The Morgan fingerprint density at radius 1 is 1.50 bits per heavy atom. The second kappa shape index (κ2) is 3.59. The first kappa shape index (κ1) is 11.1. The summed E-state index contributed by atoms with van der Waals surface area (Å²) in [6, 6.07) is 4.90. The molecule has 1 unspecified atom stereocenters. The molecule has 1 atom stereocenters. The zero-order valence-corrected chi connectivity index (χ0v) is 9.62. The highest BCUT2D eigenvalue weighted by atomic mass is 32.2. The number of sulfone groups is 1. The molecule has 1 aliphatic rings. The zero-order chi connectivity index (χ0) is 11.9. The van der Waals surface area contributed by atoms with Gasteiger partial charge in [-0.1, -0.05) is 19.1 Å². The molecule has 0 saturated heterocycles. The number of aliphatic carboxylic acids is 1. The summed E-state index contributed by atoms with van der Waals surface area (Å²) in [5, 5.41) is 8.65. The van der Waals surface area contributed by atoms with E-state index in [0.717, 1.165) is 5.56 Å². The molecule has 0 amide bonds. The molecule has 1 aromatic carbocycles. The molecule has 0 aromatic heterocycles. The summed E-state index contributed by atoms with van der Waals surface area (Å²) in [5.41, 5.74) is 1.33. The van der Waals surface area contributed by atoms with E-state index in [1.165, 1.54) is 6.07 Å². The predicted octanol–water partition coefficient (Wildman–Crippen LogP) is 1.20. The van der Waals surface area contributed by atoms with Gasteiger partial charge < -0.3 is 5.11 Å². The number of carboxylic acids is 1. The Bertz CT molecular complexity index is 545. The van der Waals surface area contributed by atoms with Crippen molar-refractivity contribution in [2.24, 2.45) is 0 Å². The standard InChI is InChI=1S/C11H12O4S/c1-7-6-16(14,15)10-4-8(5-11(12)13)2-3-9(7)10/h2-4,7H,5-6H2,1H3,(H,12,13). The van der Waals surface area contributed by atoms with Crippen molar-refractivity contribution in [1.29, 1.82) is 0 Å². The third-order valence-electron chi connectivity index (χ3n) is 2.77. The average molecular weight is 240 g/mol. The number of hydrogen-bond acceptors (Lipinski definition) is 3. The van der Waals surface area contributed by atoms with Crippen molar-refractivity contribution in [3.05, 3.63) is 29.3 Å². The molecule has 0 fully saturated rings. The fraction of sp³-hybridized carbons (Fsp3) is 0.364. The van der Waals surface area contributed by atoms with Crippen LogP contribution in [-0.4, -0.2) is 25.2 Å². The van der Waals surface area contributed by atoms with E-state index in [1.807, 2.05) is 6.92 Å². The van der Waals surface area contributed by atoms with Crippen LogP contribution in [0.1, 0.15) is 24.0 Å². The third-order valence-corrected chi connectivity index (χ3v) is 4.73. The van der Waals surface area contributed by atoms with Crippen LogP contribution in [0.2, 0.25) is 0 Å². The summed E-state index contributed by atoms with van der Waals surface area (Å²) in [6.45, 7) is 1.86. The van der Waals surface area contributed by atoms with Crippen LogP contribution in [0.3, 0.4) is 0 Å². The van der Waals surface area contributed by atoms with Gasteiger partial charge in [-0.2, -0.15) is 0 Å². The first-order valence-corrected chi connectivity index (χ1v) is 6.63. The number of carboxylic acid groups (broad SMARTS) is 1. The van der Waals surface area contributed by atoms with Crippen LogP contribution in [0, 0.1) is 0 Å². The smallest absolute Gasteiger partial charge is 0.307 e. The van der Waals surface area contributed by atoms with Gasteiger partial charge in [-0.15, -0.1) is 0 Å². The van der Waals surface area contributed by atoms with Gasteiger partial charge >= 0.3 is 5.97 Å². The van der Waals surface area contributed by atoms with Crippen molar-refractivity contribution >= 4 is 15.8 Å². The Balaban J connectivity index is 2.50. The van der Waals surface area contributed by atoms with Crippen molar-refractivity contribution in [3.8, 4) is 0 Å². The topological polar surface area (TPSA) is 71.4 Å². The Kier molecular flexibility index (Phi) is 2.50. The molecule has 0 bridgehead atoms. The van der Waals surface area contributed by atoms with E-state index >= 15 is 0 Å². The lowest BCUT2D eigenvalue weighted by atomic mass is 10.0. The summed E-state index contributed by atoms with van der Waals surface area (Å²) in [6.07, 6.45) is -0.142. The first-order chi connectivity index (χ1) is 7.40. The Hall–Kier alpha value is -1.36. The lowest BCUT2D eigenvalue weighted by Crippen LogP contribution is -2.03. The normalized spacial score (nSPS) is 21.7. The minimum Gasteiger partial charge on any atom is -0.481 e. The predicted molar refractivity (Wildman–Crippen MR) is 58.2 cm³/mol. The lowest BCUT2D eigenvalue weighted by molar-refractivity contribution is -0.136. The van der Waals surface area contributed by atoms with Gasteiger partial charge in [-0.25, -0.2) is 8.42 Å². The van der Waals surface area contributed by atoms with Gasteiger partial charge in [0.1, 0.15) is 0 Å². The maximum absolute atomic E-state index is 11.8.